The first-order chi connectivity index (χ1) is 14.6. The van der Waals surface area contributed by atoms with Gasteiger partial charge in [0.1, 0.15) is 10.6 Å². The maximum Gasteiger partial charge on any atom is 0.285 e. The van der Waals surface area contributed by atoms with Crippen LogP contribution in [0.15, 0.2) is 62.9 Å². The molecule has 8 nitrogen and oxygen atoms in total. The molecule has 0 saturated carbocycles. The Morgan fingerprint density at radius 1 is 1.19 bits per heavy atom. The van der Waals surface area contributed by atoms with Crippen LogP contribution in [0.25, 0.3) is 0 Å². The van der Waals surface area contributed by atoms with Crippen molar-refractivity contribution in [3.63, 3.8) is 0 Å². The molecule has 3 rings (SSSR count). The van der Waals surface area contributed by atoms with E-state index in [0.29, 0.717) is 11.3 Å². The van der Waals surface area contributed by atoms with E-state index in [1.807, 2.05) is 39.0 Å². The summed E-state index contributed by atoms with van der Waals surface area (Å²) >= 11 is 0. The third kappa shape index (κ3) is 5.69. The number of hydrogen-bond acceptors (Lipinski definition) is 6. The van der Waals surface area contributed by atoms with Gasteiger partial charge in [-0.05, 0) is 50.6 Å². The van der Waals surface area contributed by atoms with Crippen molar-refractivity contribution in [3.8, 4) is 5.75 Å². The Morgan fingerprint density at radius 2 is 1.94 bits per heavy atom. The Labute approximate surface area is 182 Å². The molecule has 164 valence electrons. The van der Waals surface area contributed by atoms with Gasteiger partial charge in [-0.25, -0.2) is 5.01 Å². The Bertz CT molecular complexity index is 1130. The van der Waals surface area contributed by atoms with Crippen LogP contribution in [0.4, 0.5) is 0 Å². The van der Waals surface area contributed by atoms with Gasteiger partial charge in [-0.15, -0.1) is 4.40 Å². The number of methoxy groups -OCH3 is 1. The van der Waals surface area contributed by atoms with Gasteiger partial charge in [0.15, 0.2) is 5.84 Å². The van der Waals surface area contributed by atoms with Gasteiger partial charge in [-0.1, -0.05) is 24.3 Å². The summed E-state index contributed by atoms with van der Waals surface area (Å²) in [6, 6.07) is 13.9. The lowest BCUT2D eigenvalue weighted by Gasteiger charge is -2.22. The highest BCUT2D eigenvalue weighted by molar-refractivity contribution is 7.90. The highest BCUT2D eigenvalue weighted by Gasteiger charge is 2.32. The first-order valence-corrected chi connectivity index (χ1v) is 11.2. The standard InChI is InChI=1S/C22H26N4O4S/c1-22(2,3)24-20(27)12-13-26(23-15-16-8-7-9-17(14-16)30-4)21-18-10-5-6-11-19(18)31(28,29)25-21/h5-11,14-15H,12-13H2,1-4H3,(H,24,27)/b23-15-. The summed E-state index contributed by atoms with van der Waals surface area (Å²) in [6.07, 6.45) is 1.70. The SMILES string of the molecule is COc1cccc(/C=N\N(CCC(=O)NC(C)(C)C)C2=NS(=O)(=O)c3ccccc32)c1. The summed E-state index contributed by atoms with van der Waals surface area (Å²) in [5.41, 5.74) is 0.854. The molecule has 0 unspecified atom stereocenters. The summed E-state index contributed by atoms with van der Waals surface area (Å²) in [7, 11) is -2.23. The first-order valence-electron chi connectivity index (χ1n) is 9.80. The van der Waals surface area contributed by atoms with Gasteiger partial charge in [-0.3, -0.25) is 4.79 Å². The molecule has 1 amide bonds. The van der Waals surface area contributed by atoms with Crippen LogP contribution in [0, 0.1) is 0 Å². The number of rotatable bonds is 6. The quantitative estimate of drug-likeness (QED) is 0.548. The number of benzene rings is 2. The number of carbonyl (C=O) groups excluding carboxylic acids is 1. The topological polar surface area (TPSA) is 100 Å². The summed E-state index contributed by atoms with van der Waals surface area (Å²) < 4.78 is 34.1. The predicted molar refractivity (Wildman–Crippen MR) is 120 cm³/mol. The van der Waals surface area contributed by atoms with Crippen LogP contribution in [0.2, 0.25) is 0 Å². The van der Waals surface area contributed by atoms with E-state index in [-0.39, 0.29) is 35.1 Å². The van der Waals surface area contributed by atoms with Gasteiger partial charge >= 0.3 is 0 Å². The minimum Gasteiger partial charge on any atom is -0.497 e. The summed E-state index contributed by atoms with van der Waals surface area (Å²) in [4.78, 5) is 12.5. The minimum absolute atomic E-state index is 0.119. The number of ether oxygens (including phenoxy) is 1. The van der Waals surface area contributed by atoms with Crippen LogP contribution in [-0.4, -0.2) is 50.6 Å². The fraction of sp³-hybridized carbons (Fsp3) is 0.318. The van der Waals surface area contributed by atoms with Crippen LogP contribution >= 0.6 is 0 Å². The number of fused-ring (bicyclic) bond motifs is 1. The zero-order valence-corrected chi connectivity index (χ0v) is 18.8. The van der Waals surface area contributed by atoms with Gasteiger partial charge in [0.05, 0.1) is 19.9 Å². The highest BCUT2D eigenvalue weighted by Crippen LogP contribution is 2.27. The zero-order valence-electron chi connectivity index (χ0n) is 18.0. The molecule has 0 aliphatic carbocycles. The molecule has 0 aromatic heterocycles. The van der Waals surface area contributed by atoms with Gasteiger partial charge in [-0.2, -0.15) is 13.5 Å². The number of amidine groups is 1. The molecule has 1 aliphatic heterocycles. The van der Waals surface area contributed by atoms with Crippen LogP contribution in [0.1, 0.15) is 38.3 Å². The molecule has 0 radical (unpaired) electrons. The maximum atomic E-state index is 12.5. The molecule has 0 saturated heterocycles. The number of hydrogen-bond donors (Lipinski definition) is 1. The third-order valence-electron chi connectivity index (χ3n) is 4.36. The average molecular weight is 443 g/mol. The predicted octanol–water partition coefficient (Wildman–Crippen LogP) is 2.79. The van der Waals surface area contributed by atoms with Gasteiger partial charge < -0.3 is 10.1 Å². The van der Waals surface area contributed by atoms with E-state index in [2.05, 4.69) is 14.8 Å². The lowest BCUT2D eigenvalue weighted by atomic mass is 10.1. The molecule has 1 heterocycles. The second-order valence-electron chi connectivity index (χ2n) is 8.08. The smallest absolute Gasteiger partial charge is 0.285 e. The molecule has 9 heteroatoms. The monoisotopic (exact) mass is 442 g/mol. The molecule has 0 fully saturated rings. The molecule has 0 bridgehead atoms. The van der Waals surface area contributed by atoms with E-state index in [1.165, 1.54) is 11.1 Å². The number of carbonyl (C=O) groups is 1. The largest absolute Gasteiger partial charge is 0.497 e. The van der Waals surface area contributed by atoms with E-state index in [4.69, 9.17) is 4.74 Å². The number of amides is 1. The molecular weight excluding hydrogens is 416 g/mol. The molecule has 0 atom stereocenters. The average Bonchev–Trinajstić information content (AvgIpc) is 2.98. The molecule has 2 aromatic rings. The van der Waals surface area contributed by atoms with Crippen LogP contribution in [0.3, 0.4) is 0 Å². The molecule has 1 N–H and O–H groups in total. The van der Waals surface area contributed by atoms with Gasteiger partial charge in [0, 0.05) is 17.5 Å². The van der Waals surface area contributed by atoms with Crippen molar-refractivity contribution in [1.82, 2.24) is 10.3 Å². The van der Waals surface area contributed by atoms with Gasteiger partial charge in [0.2, 0.25) is 5.91 Å². The van der Waals surface area contributed by atoms with Gasteiger partial charge in [0.25, 0.3) is 10.0 Å². The fourth-order valence-corrected chi connectivity index (χ4v) is 4.25. The summed E-state index contributed by atoms with van der Waals surface area (Å²) in [5.74, 6) is 0.702. The van der Waals surface area contributed by atoms with Crippen LogP contribution < -0.4 is 10.1 Å². The van der Waals surface area contributed by atoms with Crippen molar-refractivity contribution in [3.05, 3.63) is 59.7 Å². The van der Waals surface area contributed by atoms with Crippen molar-refractivity contribution in [2.24, 2.45) is 9.50 Å². The Kier molecular flexibility index (Phi) is 6.45. The number of nitrogens with zero attached hydrogens (tertiary/aromatic N) is 3. The first kappa shape index (κ1) is 22.5. The maximum absolute atomic E-state index is 12.5. The summed E-state index contributed by atoms with van der Waals surface area (Å²) in [5, 5.41) is 8.81. The third-order valence-corrected chi connectivity index (χ3v) is 5.69. The van der Waals surface area contributed by atoms with E-state index in [9.17, 15) is 13.2 Å². The lowest BCUT2D eigenvalue weighted by Crippen LogP contribution is -2.42. The van der Waals surface area contributed by atoms with E-state index in [0.717, 1.165) is 5.56 Å². The van der Waals surface area contributed by atoms with E-state index in [1.54, 1.807) is 37.6 Å². The zero-order chi connectivity index (χ0) is 22.6. The minimum atomic E-state index is -3.81. The molecular formula is C22H26N4O4S. The molecule has 2 aromatic carbocycles. The Balaban J connectivity index is 1.91. The number of sulfonamides is 1. The van der Waals surface area contributed by atoms with Crippen molar-refractivity contribution in [2.45, 2.75) is 37.6 Å². The van der Waals surface area contributed by atoms with Crippen molar-refractivity contribution < 1.29 is 17.9 Å². The molecule has 31 heavy (non-hydrogen) atoms. The van der Waals surface area contributed by atoms with Crippen molar-refractivity contribution in [2.75, 3.05) is 13.7 Å². The second kappa shape index (κ2) is 8.89. The molecule has 0 spiro atoms. The van der Waals surface area contributed by atoms with Crippen LogP contribution in [-0.2, 0) is 14.8 Å². The van der Waals surface area contributed by atoms with E-state index >= 15 is 0 Å². The van der Waals surface area contributed by atoms with Crippen molar-refractivity contribution >= 4 is 28.0 Å². The Hall–Kier alpha value is -3.20. The number of nitrogens with one attached hydrogen (secondary N) is 1. The normalized spacial score (nSPS) is 14.8. The van der Waals surface area contributed by atoms with Crippen molar-refractivity contribution in [1.29, 1.82) is 0 Å². The fourth-order valence-electron chi connectivity index (χ4n) is 3.04. The lowest BCUT2D eigenvalue weighted by molar-refractivity contribution is -0.122. The van der Waals surface area contributed by atoms with Crippen LogP contribution in [0.5, 0.6) is 5.75 Å². The Morgan fingerprint density at radius 3 is 2.65 bits per heavy atom. The number of hydrazone groups is 1. The highest BCUT2D eigenvalue weighted by atomic mass is 32.2. The molecule has 1 aliphatic rings. The van der Waals surface area contributed by atoms with E-state index < -0.39 is 10.0 Å². The second-order valence-corrected chi connectivity index (χ2v) is 9.65. The summed E-state index contributed by atoms with van der Waals surface area (Å²) in [6.45, 7) is 5.85.